The third-order valence-corrected chi connectivity index (χ3v) is 4.46. The van der Waals surface area contributed by atoms with E-state index in [0.717, 1.165) is 31.2 Å². The number of hydrogen-bond donors (Lipinski definition) is 2. The van der Waals surface area contributed by atoms with Crippen LogP contribution in [0.1, 0.15) is 20.8 Å². The molecule has 0 amide bonds. The number of aliphatic imine (C=N–C) groups is 1. The Balaban J connectivity index is 1.75. The lowest BCUT2D eigenvalue weighted by Crippen LogP contribution is -2.59. The SMILES string of the molecule is CC1=NC2NC(N3CCN(N)C(C(C)C)C3)=CC=C2C=C1. The predicted octanol–water partition coefficient (Wildman–Crippen LogP) is 1.23. The molecule has 114 valence electrons. The average Bonchev–Trinajstić information content (AvgIpc) is 2.46. The second-order valence-electron chi connectivity index (χ2n) is 6.36. The fourth-order valence-corrected chi connectivity index (χ4v) is 3.09. The zero-order chi connectivity index (χ0) is 15.0. The van der Waals surface area contributed by atoms with Crippen molar-refractivity contribution < 1.29 is 0 Å². The summed E-state index contributed by atoms with van der Waals surface area (Å²) in [6, 6.07) is 0.392. The van der Waals surface area contributed by atoms with E-state index in [4.69, 9.17) is 5.84 Å². The molecule has 0 aromatic heterocycles. The molecule has 1 saturated heterocycles. The molecule has 0 saturated carbocycles. The Bertz CT molecular complexity index is 529. The highest BCUT2D eigenvalue weighted by Crippen LogP contribution is 2.22. The first-order valence-corrected chi connectivity index (χ1v) is 7.72. The molecule has 0 aliphatic carbocycles. The van der Waals surface area contributed by atoms with Gasteiger partial charge in [-0.1, -0.05) is 26.0 Å². The van der Waals surface area contributed by atoms with Crippen LogP contribution >= 0.6 is 0 Å². The molecule has 0 spiro atoms. The van der Waals surface area contributed by atoms with Gasteiger partial charge in [-0.25, -0.2) is 5.01 Å². The highest BCUT2D eigenvalue weighted by Gasteiger charge is 2.30. The summed E-state index contributed by atoms with van der Waals surface area (Å²) in [4.78, 5) is 7.06. The lowest BCUT2D eigenvalue weighted by atomic mass is 10.0. The number of nitrogens with zero attached hydrogens (tertiary/aromatic N) is 3. The minimum atomic E-state index is 0.0587. The first kappa shape index (κ1) is 14.4. The van der Waals surface area contributed by atoms with Gasteiger partial charge in [0.05, 0.1) is 0 Å². The summed E-state index contributed by atoms with van der Waals surface area (Å²) in [5.74, 6) is 7.83. The van der Waals surface area contributed by atoms with Gasteiger partial charge in [-0.3, -0.25) is 10.8 Å². The molecule has 3 rings (SSSR count). The second-order valence-corrected chi connectivity index (χ2v) is 6.36. The minimum Gasteiger partial charge on any atom is -0.355 e. The molecule has 21 heavy (non-hydrogen) atoms. The fourth-order valence-electron chi connectivity index (χ4n) is 3.09. The number of hydrogen-bond acceptors (Lipinski definition) is 5. The smallest absolute Gasteiger partial charge is 0.146 e. The van der Waals surface area contributed by atoms with E-state index in [-0.39, 0.29) is 6.17 Å². The van der Waals surface area contributed by atoms with Gasteiger partial charge in [-0.05, 0) is 30.6 Å². The standard InChI is InChI=1S/C16H25N5/c1-11(2)14-10-20(8-9-21(14)17)15-7-6-13-5-4-12(3)18-16(13)19-15/h4-7,11,14,16,19H,8-10,17H2,1-3H3. The zero-order valence-electron chi connectivity index (χ0n) is 13.1. The van der Waals surface area contributed by atoms with Crippen LogP contribution in [0.2, 0.25) is 0 Å². The van der Waals surface area contributed by atoms with E-state index in [1.807, 2.05) is 11.9 Å². The number of piperazine rings is 1. The molecule has 3 heterocycles. The number of dihydropyridines is 2. The lowest BCUT2D eigenvalue weighted by molar-refractivity contribution is 0.0626. The molecule has 3 aliphatic rings. The molecule has 2 atom stereocenters. The maximum Gasteiger partial charge on any atom is 0.146 e. The van der Waals surface area contributed by atoms with Crippen LogP contribution in [0.3, 0.4) is 0 Å². The van der Waals surface area contributed by atoms with Crippen molar-refractivity contribution in [2.45, 2.75) is 33.0 Å². The average molecular weight is 287 g/mol. The first-order chi connectivity index (χ1) is 10.0. The van der Waals surface area contributed by atoms with Gasteiger partial charge in [0.2, 0.25) is 0 Å². The Morgan fingerprint density at radius 3 is 2.86 bits per heavy atom. The number of allylic oxidation sites excluding steroid dienone is 3. The Hall–Kier alpha value is -1.59. The van der Waals surface area contributed by atoms with E-state index in [1.54, 1.807) is 0 Å². The number of hydrazine groups is 1. The van der Waals surface area contributed by atoms with Crippen LogP contribution in [0.4, 0.5) is 0 Å². The third kappa shape index (κ3) is 2.89. The normalized spacial score (nSPS) is 29.6. The third-order valence-electron chi connectivity index (χ3n) is 4.46. The van der Waals surface area contributed by atoms with Gasteiger partial charge in [-0.2, -0.15) is 0 Å². The van der Waals surface area contributed by atoms with Gasteiger partial charge < -0.3 is 10.2 Å². The Labute approximate surface area is 126 Å². The largest absolute Gasteiger partial charge is 0.355 e. The lowest BCUT2D eigenvalue weighted by Gasteiger charge is -2.44. The van der Waals surface area contributed by atoms with Crippen molar-refractivity contribution in [1.82, 2.24) is 15.2 Å². The van der Waals surface area contributed by atoms with E-state index in [2.05, 4.69) is 53.4 Å². The van der Waals surface area contributed by atoms with Crippen LogP contribution < -0.4 is 11.2 Å². The van der Waals surface area contributed by atoms with E-state index < -0.39 is 0 Å². The maximum absolute atomic E-state index is 6.12. The summed E-state index contributed by atoms with van der Waals surface area (Å²) in [5.41, 5.74) is 2.29. The number of nitrogens with two attached hydrogens (primary N) is 1. The van der Waals surface area contributed by atoms with Crippen LogP contribution in [-0.4, -0.2) is 47.5 Å². The first-order valence-electron chi connectivity index (χ1n) is 7.72. The summed E-state index contributed by atoms with van der Waals surface area (Å²) in [6.07, 6.45) is 8.59. The Morgan fingerprint density at radius 1 is 1.29 bits per heavy atom. The summed E-state index contributed by atoms with van der Waals surface area (Å²) in [7, 11) is 0. The summed E-state index contributed by atoms with van der Waals surface area (Å²) in [5, 5.41) is 5.53. The molecule has 0 bridgehead atoms. The van der Waals surface area contributed by atoms with Gasteiger partial charge in [0, 0.05) is 31.4 Å². The fraction of sp³-hybridized carbons (Fsp3) is 0.562. The molecule has 5 heteroatoms. The maximum atomic E-state index is 6.12. The zero-order valence-corrected chi connectivity index (χ0v) is 13.1. The monoisotopic (exact) mass is 287 g/mol. The van der Waals surface area contributed by atoms with E-state index >= 15 is 0 Å². The molecule has 3 aliphatic heterocycles. The van der Waals surface area contributed by atoms with Gasteiger partial charge >= 0.3 is 0 Å². The van der Waals surface area contributed by atoms with Crippen LogP contribution in [-0.2, 0) is 0 Å². The molecule has 0 aromatic carbocycles. The summed E-state index contributed by atoms with van der Waals surface area (Å²) in [6.45, 7) is 9.30. The molecule has 3 N–H and O–H groups in total. The van der Waals surface area contributed by atoms with Crippen molar-refractivity contribution in [2.24, 2.45) is 16.8 Å². The van der Waals surface area contributed by atoms with E-state index in [9.17, 15) is 0 Å². The molecular weight excluding hydrogens is 262 g/mol. The van der Waals surface area contributed by atoms with Gasteiger partial charge in [0.15, 0.2) is 0 Å². The molecule has 2 unspecified atom stereocenters. The molecule has 5 nitrogen and oxygen atoms in total. The van der Waals surface area contributed by atoms with Crippen LogP contribution in [0, 0.1) is 5.92 Å². The topological polar surface area (TPSA) is 56.9 Å². The number of rotatable bonds is 2. The van der Waals surface area contributed by atoms with Crippen molar-refractivity contribution in [3.63, 3.8) is 0 Å². The molecule has 0 radical (unpaired) electrons. The van der Waals surface area contributed by atoms with Crippen molar-refractivity contribution in [3.8, 4) is 0 Å². The number of fused-ring (bicyclic) bond motifs is 1. The predicted molar refractivity (Wildman–Crippen MR) is 86.4 cm³/mol. The van der Waals surface area contributed by atoms with E-state index in [0.29, 0.717) is 12.0 Å². The molecule has 1 fully saturated rings. The van der Waals surface area contributed by atoms with Crippen LogP contribution in [0.15, 0.2) is 40.7 Å². The van der Waals surface area contributed by atoms with Gasteiger partial charge in [0.1, 0.15) is 12.0 Å². The van der Waals surface area contributed by atoms with Crippen LogP contribution in [0.25, 0.3) is 0 Å². The Morgan fingerprint density at radius 2 is 2.10 bits per heavy atom. The summed E-state index contributed by atoms with van der Waals surface area (Å²) < 4.78 is 0. The van der Waals surface area contributed by atoms with Crippen molar-refractivity contribution in [1.29, 1.82) is 0 Å². The highest BCUT2D eigenvalue weighted by molar-refractivity contribution is 5.94. The van der Waals surface area contributed by atoms with E-state index in [1.165, 1.54) is 5.57 Å². The molecular formula is C16H25N5. The van der Waals surface area contributed by atoms with Crippen molar-refractivity contribution in [3.05, 3.63) is 35.7 Å². The Kier molecular flexibility index (Phi) is 3.87. The van der Waals surface area contributed by atoms with Crippen molar-refractivity contribution in [2.75, 3.05) is 19.6 Å². The van der Waals surface area contributed by atoms with Gasteiger partial charge in [0.25, 0.3) is 0 Å². The van der Waals surface area contributed by atoms with Crippen LogP contribution in [0.5, 0.6) is 0 Å². The van der Waals surface area contributed by atoms with Gasteiger partial charge in [-0.15, -0.1) is 0 Å². The minimum absolute atomic E-state index is 0.0587. The second kappa shape index (κ2) is 5.66. The van der Waals surface area contributed by atoms with Crippen molar-refractivity contribution >= 4 is 5.71 Å². The highest BCUT2D eigenvalue weighted by atomic mass is 15.5. The quantitative estimate of drug-likeness (QED) is 0.750. The number of nitrogens with one attached hydrogen (secondary N) is 1. The molecule has 0 aromatic rings. The summed E-state index contributed by atoms with van der Waals surface area (Å²) >= 11 is 0.